The number of rotatable bonds is 3. The highest BCUT2D eigenvalue weighted by atomic mass is 16.5. The fourth-order valence-corrected chi connectivity index (χ4v) is 1.64. The van der Waals surface area contributed by atoms with Crippen LogP contribution in [0.25, 0.3) is 0 Å². The highest BCUT2D eigenvalue weighted by Gasteiger charge is 2.21. The summed E-state index contributed by atoms with van der Waals surface area (Å²) in [6, 6.07) is 7.42. The van der Waals surface area contributed by atoms with Gasteiger partial charge in [-0.05, 0) is 11.6 Å². The van der Waals surface area contributed by atoms with Crippen LogP contribution >= 0.6 is 0 Å². The molecule has 0 saturated carbocycles. The Balaban J connectivity index is 2.24. The Kier molecular flexibility index (Phi) is 2.72. The number of benzene rings is 1. The van der Waals surface area contributed by atoms with Crippen molar-refractivity contribution >= 4 is 11.8 Å². The molecule has 82 valence electrons. The molecule has 1 N–H and O–H groups in total. The largest absolute Gasteiger partial charge is 0.496 e. The van der Waals surface area contributed by atoms with Crippen molar-refractivity contribution in [2.45, 2.75) is 6.42 Å². The van der Waals surface area contributed by atoms with Crippen LogP contribution < -0.4 is 10.1 Å². The van der Waals surface area contributed by atoms with Gasteiger partial charge in [-0.2, -0.15) is 0 Å². The van der Waals surface area contributed by atoms with Crippen LogP contribution in [-0.4, -0.2) is 18.9 Å². The van der Waals surface area contributed by atoms with Crippen molar-refractivity contribution in [3.05, 3.63) is 41.5 Å². The zero-order chi connectivity index (χ0) is 11.5. The quantitative estimate of drug-likeness (QED) is 0.762. The molecule has 0 atom stereocenters. The summed E-state index contributed by atoms with van der Waals surface area (Å²) < 4.78 is 5.17. The minimum absolute atomic E-state index is 0.323. The summed E-state index contributed by atoms with van der Waals surface area (Å²) >= 11 is 0. The molecule has 0 saturated heterocycles. The summed E-state index contributed by atoms with van der Waals surface area (Å²) in [6.07, 6.45) is 1.73. The number of hydrogen-bond acceptors (Lipinski definition) is 3. The molecule has 1 aliphatic heterocycles. The SMILES string of the molecule is COc1ccccc1CC1=CC(=O)NC1=O. The molecular weight excluding hydrogens is 206 g/mol. The van der Waals surface area contributed by atoms with Gasteiger partial charge in [0.25, 0.3) is 11.8 Å². The van der Waals surface area contributed by atoms with Gasteiger partial charge in [0.15, 0.2) is 0 Å². The monoisotopic (exact) mass is 217 g/mol. The van der Waals surface area contributed by atoms with Crippen molar-refractivity contribution in [2.75, 3.05) is 7.11 Å². The first kappa shape index (κ1) is 10.4. The Labute approximate surface area is 92.9 Å². The summed E-state index contributed by atoms with van der Waals surface area (Å²) in [5, 5.41) is 2.21. The van der Waals surface area contributed by atoms with Crippen LogP contribution in [0.5, 0.6) is 5.75 Å². The maximum Gasteiger partial charge on any atom is 0.254 e. The lowest BCUT2D eigenvalue weighted by atomic mass is 10.0. The Morgan fingerprint density at radius 1 is 1.25 bits per heavy atom. The van der Waals surface area contributed by atoms with Crippen molar-refractivity contribution < 1.29 is 14.3 Å². The molecule has 4 heteroatoms. The van der Waals surface area contributed by atoms with Gasteiger partial charge in [-0.25, -0.2) is 0 Å². The molecule has 1 aromatic rings. The van der Waals surface area contributed by atoms with E-state index in [-0.39, 0.29) is 11.8 Å². The fraction of sp³-hybridized carbons (Fsp3) is 0.167. The second-order valence-corrected chi connectivity index (χ2v) is 3.48. The van der Waals surface area contributed by atoms with E-state index in [0.29, 0.717) is 12.0 Å². The van der Waals surface area contributed by atoms with Gasteiger partial charge in [0.1, 0.15) is 5.75 Å². The number of methoxy groups -OCH3 is 1. The smallest absolute Gasteiger partial charge is 0.254 e. The molecule has 0 aromatic heterocycles. The minimum atomic E-state index is -0.352. The number of ether oxygens (including phenoxy) is 1. The van der Waals surface area contributed by atoms with E-state index in [4.69, 9.17) is 4.74 Å². The van der Waals surface area contributed by atoms with Crippen LogP contribution in [0.1, 0.15) is 5.56 Å². The van der Waals surface area contributed by atoms with Crippen molar-refractivity contribution in [1.29, 1.82) is 0 Å². The summed E-state index contributed by atoms with van der Waals surface area (Å²) in [4.78, 5) is 22.3. The van der Waals surface area contributed by atoms with E-state index in [1.807, 2.05) is 24.3 Å². The average Bonchev–Trinajstić information content (AvgIpc) is 2.58. The van der Waals surface area contributed by atoms with E-state index in [1.54, 1.807) is 7.11 Å². The van der Waals surface area contributed by atoms with Gasteiger partial charge >= 0.3 is 0 Å². The molecule has 0 aliphatic carbocycles. The standard InChI is InChI=1S/C12H11NO3/c1-16-10-5-3-2-4-8(10)6-9-7-11(14)13-12(9)15/h2-5,7H,6H2,1H3,(H,13,14,15). The Bertz CT molecular complexity index is 477. The molecule has 2 amide bonds. The molecule has 4 nitrogen and oxygen atoms in total. The first-order valence-corrected chi connectivity index (χ1v) is 4.88. The maximum atomic E-state index is 11.3. The Morgan fingerprint density at radius 2 is 2.00 bits per heavy atom. The third-order valence-electron chi connectivity index (χ3n) is 2.41. The Hall–Kier alpha value is -2.10. The van der Waals surface area contributed by atoms with Crippen LogP contribution in [-0.2, 0) is 16.0 Å². The predicted molar refractivity (Wildman–Crippen MR) is 57.9 cm³/mol. The summed E-state index contributed by atoms with van der Waals surface area (Å²) in [7, 11) is 1.58. The number of carbonyl (C=O) groups is 2. The molecule has 16 heavy (non-hydrogen) atoms. The molecule has 0 bridgehead atoms. The maximum absolute atomic E-state index is 11.3. The predicted octanol–water partition coefficient (Wildman–Crippen LogP) is 0.820. The molecule has 1 aromatic carbocycles. The number of imide groups is 1. The van der Waals surface area contributed by atoms with Gasteiger partial charge < -0.3 is 4.74 Å². The van der Waals surface area contributed by atoms with Gasteiger partial charge in [0.05, 0.1) is 7.11 Å². The van der Waals surface area contributed by atoms with Crippen LogP contribution in [0.2, 0.25) is 0 Å². The topological polar surface area (TPSA) is 55.4 Å². The third kappa shape index (κ3) is 1.95. The lowest BCUT2D eigenvalue weighted by molar-refractivity contribution is -0.123. The van der Waals surface area contributed by atoms with E-state index in [1.165, 1.54) is 6.08 Å². The van der Waals surface area contributed by atoms with Crippen molar-refractivity contribution in [3.8, 4) is 5.75 Å². The highest BCUT2D eigenvalue weighted by Crippen LogP contribution is 2.21. The first-order valence-electron chi connectivity index (χ1n) is 4.88. The fourth-order valence-electron chi connectivity index (χ4n) is 1.64. The highest BCUT2D eigenvalue weighted by molar-refractivity contribution is 6.16. The van der Waals surface area contributed by atoms with Gasteiger partial charge in [-0.1, -0.05) is 18.2 Å². The van der Waals surface area contributed by atoms with Crippen LogP contribution in [0.4, 0.5) is 0 Å². The molecule has 0 radical (unpaired) electrons. The van der Waals surface area contributed by atoms with E-state index in [0.717, 1.165) is 11.3 Å². The van der Waals surface area contributed by atoms with Gasteiger partial charge in [0.2, 0.25) is 0 Å². The average molecular weight is 217 g/mol. The molecule has 0 fully saturated rings. The van der Waals surface area contributed by atoms with Crippen molar-refractivity contribution in [2.24, 2.45) is 0 Å². The molecule has 2 rings (SSSR count). The molecule has 0 spiro atoms. The zero-order valence-corrected chi connectivity index (χ0v) is 8.82. The number of carbonyl (C=O) groups excluding carboxylic acids is 2. The number of para-hydroxylation sites is 1. The van der Waals surface area contributed by atoms with Gasteiger partial charge in [0, 0.05) is 18.1 Å². The Morgan fingerprint density at radius 3 is 2.62 bits per heavy atom. The van der Waals surface area contributed by atoms with Crippen LogP contribution in [0.15, 0.2) is 35.9 Å². The van der Waals surface area contributed by atoms with E-state index >= 15 is 0 Å². The van der Waals surface area contributed by atoms with Crippen LogP contribution in [0.3, 0.4) is 0 Å². The zero-order valence-electron chi connectivity index (χ0n) is 8.82. The van der Waals surface area contributed by atoms with Gasteiger partial charge in [-0.15, -0.1) is 0 Å². The summed E-state index contributed by atoms with van der Waals surface area (Å²) in [6.45, 7) is 0. The number of nitrogens with one attached hydrogen (secondary N) is 1. The molecular formula is C12H11NO3. The summed E-state index contributed by atoms with van der Waals surface area (Å²) in [5.74, 6) is 0.0429. The second kappa shape index (κ2) is 4.18. The van der Waals surface area contributed by atoms with Crippen LogP contribution in [0, 0.1) is 0 Å². The number of hydrogen-bond donors (Lipinski definition) is 1. The lowest BCUT2D eigenvalue weighted by Gasteiger charge is -2.07. The van der Waals surface area contributed by atoms with E-state index in [2.05, 4.69) is 5.32 Å². The lowest BCUT2D eigenvalue weighted by Crippen LogP contribution is -2.22. The second-order valence-electron chi connectivity index (χ2n) is 3.48. The third-order valence-corrected chi connectivity index (χ3v) is 2.41. The molecule has 1 aliphatic rings. The molecule has 1 heterocycles. The number of amides is 2. The van der Waals surface area contributed by atoms with E-state index < -0.39 is 0 Å². The minimum Gasteiger partial charge on any atom is -0.496 e. The van der Waals surface area contributed by atoms with Crippen molar-refractivity contribution in [3.63, 3.8) is 0 Å². The van der Waals surface area contributed by atoms with E-state index in [9.17, 15) is 9.59 Å². The normalized spacial score (nSPS) is 14.7. The van der Waals surface area contributed by atoms with Gasteiger partial charge in [-0.3, -0.25) is 14.9 Å². The molecule has 0 unspecified atom stereocenters. The first-order chi connectivity index (χ1) is 7.70. The summed E-state index contributed by atoms with van der Waals surface area (Å²) in [5.41, 5.74) is 1.36. The van der Waals surface area contributed by atoms with Crippen molar-refractivity contribution in [1.82, 2.24) is 5.32 Å².